The van der Waals surface area contributed by atoms with Crippen molar-refractivity contribution in [3.63, 3.8) is 0 Å². The van der Waals surface area contributed by atoms with Gasteiger partial charge in [0.25, 0.3) is 0 Å². The molecule has 0 saturated carbocycles. The molecule has 0 aliphatic heterocycles. The van der Waals surface area contributed by atoms with Gasteiger partial charge in [-0.15, -0.1) is 0 Å². The first kappa shape index (κ1) is 20.8. The average molecular weight is 285 g/mol. The second-order valence-corrected chi connectivity index (χ2v) is 4.89. The van der Waals surface area contributed by atoms with E-state index in [2.05, 4.69) is 4.74 Å². The zero-order valence-corrected chi connectivity index (χ0v) is 11.0. The van der Waals surface area contributed by atoms with Gasteiger partial charge < -0.3 is 15.2 Å². The number of hydrogen-bond acceptors (Lipinski definition) is 5. The first-order valence-corrected chi connectivity index (χ1v) is 5.99. The quantitative estimate of drug-likeness (QED) is 0.348. The van der Waals surface area contributed by atoms with Crippen molar-refractivity contribution in [3.05, 3.63) is 0 Å². The van der Waals surface area contributed by atoms with Crippen molar-refractivity contribution in [1.82, 2.24) is 0 Å². The molecule has 0 rings (SSSR count). The van der Waals surface area contributed by atoms with Crippen LogP contribution in [0.25, 0.3) is 0 Å². The fourth-order valence-electron chi connectivity index (χ4n) is 1.18. The third kappa shape index (κ3) is 14.6. The van der Waals surface area contributed by atoms with Gasteiger partial charge in [0.1, 0.15) is 5.60 Å². The molecule has 0 heterocycles. The molecule has 5 nitrogen and oxygen atoms in total. The summed E-state index contributed by atoms with van der Waals surface area (Å²) in [6.45, 7) is 5.81. The maximum atomic E-state index is 11.2. The Morgan fingerprint density at radius 2 is 1.61 bits per heavy atom. The van der Waals surface area contributed by atoms with Crippen molar-refractivity contribution >= 4 is 63.5 Å². The van der Waals surface area contributed by atoms with Crippen LogP contribution in [0.2, 0.25) is 0 Å². The van der Waals surface area contributed by atoms with Crippen molar-refractivity contribution < 1.29 is 19.1 Å². The molecule has 18 heavy (non-hydrogen) atoms. The number of carbonyl (C=O) groups is 2. The number of nitrogens with two attached hydrogens (primary N) is 1. The Labute approximate surface area is 152 Å². The number of carbonyl (C=O) groups excluding carboxylic acids is 2. The molecule has 0 amide bonds. The number of ether oxygens (including phenoxy) is 2. The van der Waals surface area contributed by atoms with Crippen LogP contribution in [-0.2, 0) is 14.3 Å². The molecule has 0 unspecified atom stereocenters. The summed E-state index contributed by atoms with van der Waals surface area (Å²) in [5.41, 5.74) is 4.70. The SMILES string of the molecule is CC(C)(C)OC(=O)OC(=O)CCCCCCN.[KH]. The molecule has 2 N–H and O–H groups in total. The Balaban J connectivity index is 0. The van der Waals surface area contributed by atoms with E-state index in [1.807, 2.05) is 0 Å². The van der Waals surface area contributed by atoms with Crippen LogP contribution in [0, 0.1) is 0 Å². The normalized spacial score (nSPS) is 10.4. The molecule has 0 aromatic heterocycles. The van der Waals surface area contributed by atoms with Gasteiger partial charge in [0.15, 0.2) is 0 Å². The third-order valence-electron chi connectivity index (χ3n) is 1.92. The van der Waals surface area contributed by atoms with E-state index in [1.165, 1.54) is 0 Å². The van der Waals surface area contributed by atoms with Gasteiger partial charge in [0.05, 0.1) is 0 Å². The van der Waals surface area contributed by atoms with E-state index in [4.69, 9.17) is 10.5 Å². The van der Waals surface area contributed by atoms with E-state index >= 15 is 0 Å². The van der Waals surface area contributed by atoms with Gasteiger partial charge in [0, 0.05) is 6.42 Å². The van der Waals surface area contributed by atoms with Crippen LogP contribution in [0.5, 0.6) is 0 Å². The fraction of sp³-hybridized carbons (Fsp3) is 0.833. The van der Waals surface area contributed by atoms with E-state index in [9.17, 15) is 9.59 Å². The summed E-state index contributed by atoms with van der Waals surface area (Å²) in [6, 6.07) is 0. The molecule has 0 aliphatic rings. The summed E-state index contributed by atoms with van der Waals surface area (Å²) in [5.74, 6) is -0.535. The Morgan fingerprint density at radius 1 is 1.06 bits per heavy atom. The van der Waals surface area contributed by atoms with Gasteiger partial charge in [-0.2, -0.15) is 0 Å². The molecule has 6 heteroatoms. The predicted octanol–water partition coefficient (Wildman–Crippen LogP) is 1.73. The van der Waals surface area contributed by atoms with Crippen molar-refractivity contribution in [3.8, 4) is 0 Å². The van der Waals surface area contributed by atoms with Gasteiger partial charge in [-0.1, -0.05) is 12.8 Å². The average Bonchev–Trinajstić information content (AvgIpc) is 2.14. The van der Waals surface area contributed by atoms with E-state index in [1.54, 1.807) is 20.8 Å². The Bertz CT molecular complexity index is 251. The summed E-state index contributed by atoms with van der Waals surface area (Å²) < 4.78 is 9.36. The summed E-state index contributed by atoms with van der Waals surface area (Å²) in [5, 5.41) is 0. The monoisotopic (exact) mass is 285 g/mol. The van der Waals surface area contributed by atoms with Crippen LogP contribution in [0.3, 0.4) is 0 Å². The molecule has 0 bridgehead atoms. The minimum absolute atomic E-state index is 0. The number of esters is 1. The number of rotatable bonds is 6. The molecule has 0 fully saturated rings. The van der Waals surface area contributed by atoms with Crippen LogP contribution in [0.4, 0.5) is 4.79 Å². The topological polar surface area (TPSA) is 78.6 Å². The van der Waals surface area contributed by atoms with E-state index in [0.717, 1.165) is 19.3 Å². The van der Waals surface area contributed by atoms with Crippen molar-refractivity contribution in [2.75, 3.05) is 6.54 Å². The van der Waals surface area contributed by atoms with Crippen molar-refractivity contribution in [2.45, 2.75) is 58.5 Å². The second kappa shape index (κ2) is 11.4. The number of unbranched alkanes of at least 4 members (excludes halogenated alkanes) is 3. The molecule has 102 valence electrons. The summed E-state index contributed by atoms with van der Waals surface area (Å²) in [7, 11) is 0. The van der Waals surface area contributed by atoms with Crippen LogP contribution < -0.4 is 5.73 Å². The van der Waals surface area contributed by atoms with Gasteiger partial charge in [-0.25, -0.2) is 4.79 Å². The molecule has 0 aliphatic carbocycles. The molecule has 0 radical (unpaired) electrons. The molecule has 0 saturated heterocycles. The van der Waals surface area contributed by atoms with Crippen LogP contribution in [0.1, 0.15) is 52.9 Å². The van der Waals surface area contributed by atoms with Gasteiger partial charge in [0.2, 0.25) is 0 Å². The van der Waals surface area contributed by atoms with Crippen LogP contribution in [0.15, 0.2) is 0 Å². The third-order valence-corrected chi connectivity index (χ3v) is 1.92. The number of hydrogen-bond donors (Lipinski definition) is 1. The Hall–Kier alpha value is 0.536. The molecular weight excluding hydrogens is 261 g/mol. The van der Waals surface area contributed by atoms with Gasteiger partial charge in [-0.3, -0.25) is 4.79 Å². The van der Waals surface area contributed by atoms with E-state index < -0.39 is 17.7 Å². The molecule has 0 aromatic rings. The minimum atomic E-state index is -0.926. The van der Waals surface area contributed by atoms with Gasteiger partial charge in [-0.05, 0) is 40.2 Å². The zero-order chi connectivity index (χ0) is 13.3. The fourth-order valence-corrected chi connectivity index (χ4v) is 1.18. The molecule has 0 aromatic carbocycles. The van der Waals surface area contributed by atoms with E-state index in [-0.39, 0.29) is 57.8 Å². The van der Waals surface area contributed by atoms with Crippen molar-refractivity contribution in [1.29, 1.82) is 0 Å². The maximum absolute atomic E-state index is 11.2. The van der Waals surface area contributed by atoms with E-state index in [0.29, 0.717) is 13.0 Å². The summed E-state index contributed by atoms with van der Waals surface area (Å²) in [4.78, 5) is 22.3. The first-order chi connectivity index (χ1) is 7.85. The first-order valence-electron chi connectivity index (χ1n) is 5.99. The van der Waals surface area contributed by atoms with Crippen molar-refractivity contribution in [2.24, 2.45) is 5.73 Å². The molecular formula is C12H24KNO4. The zero-order valence-electron chi connectivity index (χ0n) is 11.0. The van der Waals surface area contributed by atoms with Crippen LogP contribution in [-0.4, -0.2) is 75.7 Å². The van der Waals surface area contributed by atoms with Crippen LogP contribution >= 0.6 is 0 Å². The summed E-state index contributed by atoms with van der Waals surface area (Å²) in [6.07, 6.45) is 2.90. The summed E-state index contributed by atoms with van der Waals surface area (Å²) >= 11 is 0. The predicted molar refractivity (Wildman–Crippen MR) is 71.6 cm³/mol. The Morgan fingerprint density at radius 3 is 2.11 bits per heavy atom. The standard InChI is InChI=1S/C12H23NO4.K.H/c1-12(2,3)17-11(15)16-10(14)8-6-4-5-7-9-13;;/h4-9,13H2,1-3H3;;. The second-order valence-electron chi connectivity index (χ2n) is 4.89. The van der Waals surface area contributed by atoms with Gasteiger partial charge >= 0.3 is 63.5 Å². The molecule has 0 spiro atoms. The molecule has 0 atom stereocenters. The Kier molecular flexibility index (Phi) is 13.2.